The second kappa shape index (κ2) is 3.56. The maximum Gasteiger partial charge on any atom is 0.413 e. The zero-order chi connectivity index (χ0) is 12.1. The van der Waals surface area contributed by atoms with E-state index in [0.29, 0.717) is 5.17 Å². The topological polar surface area (TPSA) is 24.4 Å². The van der Waals surface area contributed by atoms with E-state index in [0.717, 1.165) is 18.6 Å². The minimum Gasteiger partial charge on any atom is -0.359 e. The standard InChI is InChI=1S/C11H15F3N2S/c12-11(13,14)10(5-6-10)16-8-15-9(7-17-8)3-1-2-4-9/h1-7H2,(H,15,16). The van der Waals surface area contributed by atoms with E-state index in [-0.39, 0.29) is 18.4 Å². The summed E-state index contributed by atoms with van der Waals surface area (Å²) in [7, 11) is 0. The maximum atomic E-state index is 12.8. The van der Waals surface area contributed by atoms with E-state index >= 15 is 0 Å². The number of alkyl halides is 3. The van der Waals surface area contributed by atoms with E-state index in [4.69, 9.17) is 0 Å². The van der Waals surface area contributed by atoms with Crippen LogP contribution in [0.1, 0.15) is 38.5 Å². The highest BCUT2D eigenvalue weighted by molar-refractivity contribution is 8.14. The Morgan fingerprint density at radius 2 is 1.76 bits per heavy atom. The Balaban J connectivity index is 1.75. The molecular weight excluding hydrogens is 249 g/mol. The van der Waals surface area contributed by atoms with Gasteiger partial charge in [0.05, 0.1) is 0 Å². The normalized spacial score (nSPS) is 32.1. The molecule has 0 aromatic rings. The van der Waals surface area contributed by atoms with Crippen LogP contribution in [0.4, 0.5) is 13.2 Å². The van der Waals surface area contributed by atoms with Crippen LogP contribution in [0.25, 0.3) is 0 Å². The average Bonchev–Trinajstić information content (AvgIpc) is 2.73. The van der Waals surface area contributed by atoms with Crippen LogP contribution in [0.15, 0.2) is 4.99 Å². The summed E-state index contributed by atoms with van der Waals surface area (Å²) in [5, 5.41) is 3.76. The van der Waals surface area contributed by atoms with Crippen molar-refractivity contribution in [1.29, 1.82) is 0 Å². The Morgan fingerprint density at radius 1 is 1.12 bits per heavy atom. The van der Waals surface area contributed by atoms with Crippen LogP contribution >= 0.6 is 11.8 Å². The first-order valence-corrected chi connectivity index (χ1v) is 7.01. The van der Waals surface area contributed by atoms with Crippen molar-refractivity contribution in [2.24, 2.45) is 4.99 Å². The Bertz CT molecular complexity index is 354. The van der Waals surface area contributed by atoms with Gasteiger partial charge < -0.3 is 5.32 Å². The number of hydrogen-bond acceptors (Lipinski definition) is 2. The molecule has 3 aliphatic rings. The van der Waals surface area contributed by atoms with Gasteiger partial charge in [-0.3, -0.25) is 0 Å². The summed E-state index contributed by atoms with van der Waals surface area (Å²) in [6.07, 6.45) is 0.588. The SMILES string of the molecule is FC(F)(F)C1(N=C2NC3(CCCC3)CS2)CC1. The summed E-state index contributed by atoms with van der Waals surface area (Å²) in [4.78, 5) is 3.95. The predicted molar refractivity (Wildman–Crippen MR) is 62.2 cm³/mol. The van der Waals surface area contributed by atoms with Crippen LogP contribution < -0.4 is 5.32 Å². The maximum absolute atomic E-state index is 12.8. The van der Waals surface area contributed by atoms with Crippen LogP contribution in [-0.4, -0.2) is 28.2 Å². The van der Waals surface area contributed by atoms with Gasteiger partial charge in [0, 0.05) is 11.3 Å². The summed E-state index contributed by atoms with van der Waals surface area (Å²) in [6.45, 7) is 0. The lowest BCUT2D eigenvalue weighted by Gasteiger charge is -2.22. The highest BCUT2D eigenvalue weighted by Crippen LogP contribution is 2.53. The van der Waals surface area contributed by atoms with E-state index in [1.54, 1.807) is 0 Å². The molecular formula is C11H15F3N2S. The second-order valence-electron chi connectivity index (χ2n) is 5.35. The highest BCUT2D eigenvalue weighted by Gasteiger charge is 2.64. The number of hydrogen-bond donors (Lipinski definition) is 1. The number of amidine groups is 1. The number of thioether (sulfide) groups is 1. The minimum absolute atomic E-state index is 0.0468. The molecule has 1 heterocycles. The summed E-state index contributed by atoms with van der Waals surface area (Å²) in [6, 6.07) is 0. The molecule has 0 radical (unpaired) electrons. The van der Waals surface area contributed by atoms with Crippen LogP contribution in [-0.2, 0) is 0 Å². The fourth-order valence-corrected chi connectivity index (χ4v) is 3.96. The number of rotatable bonds is 1. The van der Waals surface area contributed by atoms with Crippen molar-refractivity contribution in [3.05, 3.63) is 0 Å². The average molecular weight is 264 g/mol. The van der Waals surface area contributed by atoms with Gasteiger partial charge in [-0.25, -0.2) is 4.99 Å². The Labute approximate surface area is 102 Å². The molecule has 2 saturated carbocycles. The summed E-state index contributed by atoms with van der Waals surface area (Å²) in [5.74, 6) is 0.875. The lowest BCUT2D eigenvalue weighted by atomic mass is 10.0. The van der Waals surface area contributed by atoms with Gasteiger partial charge in [-0.2, -0.15) is 13.2 Å². The zero-order valence-corrected chi connectivity index (χ0v) is 10.3. The number of aliphatic imine (C=N–C) groups is 1. The molecule has 3 rings (SSSR count). The molecule has 1 spiro atoms. The molecule has 0 aromatic carbocycles. The minimum atomic E-state index is -4.19. The van der Waals surface area contributed by atoms with Crippen molar-refractivity contribution in [2.75, 3.05) is 5.75 Å². The highest BCUT2D eigenvalue weighted by atomic mass is 32.2. The van der Waals surface area contributed by atoms with Crippen molar-refractivity contribution in [1.82, 2.24) is 5.32 Å². The summed E-state index contributed by atoms with van der Waals surface area (Å²) in [5.41, 5.74) is -1.71. The van der Waals surface area contributed by atoms with E-state index in [1.807, 2.05) is 0 Å². The quantitative estimate of drug-likeness (QED) is 0.787. The van der Waals surface area contributed by atoms with Crippen molar-refractivity contribution in [3.63, 3.8) is 0 Å². The van der Waals surface area contributed by atoms with Gasteiger partial charge in [0.2, 0.25) is 0 Å². The summed E-state index contributed by atoms with van der Waals surface area (Å²) >= 11 is 1.46. The van der Waals surface area contributed by atoms with E-state index in [1.165, 1.54) is 24.6 Å². The monoisotopic (exact) mass is 264 g/mol. The molecule has 96 valence electrons. The van der Waals surface area contributed by atoms with Gasteiger partial charge in [0.1, 0.15) is 0 Å². The molecule has 0 unspecified atom stereocenters. The van der Waals surface area contributed by atoms with E-state index in [2.05, 4.69) is 10.3 Å². The summed E-state index contributed by atoms with van der Waals surface area (Å²) < 4.78 is 38.3. The van der Waals surface area contributed by atoms with Crippen LogP contribution in [0.2, 0.25) is 0 Å². The van der Waals surface area contributed by atoms with E-state index < -0.39 is 11.7 Å². The number of nitrogens with zero attached hydrogens (tertiary/aromatic N) is 1. The molecule has 17 heavy (non-hydrogen) atoms. The smallest absolute Gasteiger partial charge is 0.359 e. The number of nitrogens with one attached hydrogen (secondary N) is 1. The van der Waals surface area contributed by atoms with Gasteiger partial charge in [-0.1, -0.05) is 24.6 Å². The molecule has 0 atom stereocenters. The van der Waals surface area contributed by atoms with Gasteiger partial charge >= 0.3 is 6.18 Å². The third-order valence-corrected chi connectivity index (χ3v) is 5.15. The van der Waals surface area contributed by atoms with Gasteiger partial charge in [-0.15, -0.1) is 0 Å². The van der Waals surface area contributed by atoms with Gasteiger partial charge in [-0.05, 0) is 25.7 Å². The largest absolute Gasteiger partial charge is 0.413 e. The molecule has 0 aromatic heterocycles. The van der Waals surface area contributed by atoms with E-state index in [9.17, 15) is 13.2 Å². The predicted octanol–water partition coefficient (Wildman–Crippen LogP) is 3.09. The molecule has 2 nitrogen and oxygen atoms in total. The van der Waals surface area contributed by atoms with Crippen LogP contribution in [0.3, 0.4) is 0 Å². The lowest BCUT2D eigenvalue weighted by molar-refractivity contribution is -0.155. The fraction of sp³-hybridized carbons (Fsp3) is 0.909. The molecule has 0 bridgehead atoms. The Hall–Kier alpha value is -0.390. The van der Waals surface area contributed by atoms with Crippen molar-refractivity contribution in [2.45, 2.75) is 55.8 Å². The zero-order valence-electron chi connectivity index (χ0n) is 9.44. The molecule has 1 N–H and O–H groups in total. The molecule has 1 saturated heterocycles. The van der Waals surface area contributed by atoms with Crippen molar-refractivity contribution < 1.29 is 13.2 Å². The molecule has 1 aliphatic heterocycles. The Morgan fingerprint density at radius 3 is 2.29 bits per heavy atom. The molecule has 0 amide bonds. The van der Waals surface area contributed by atoms with Gasteiger partial charge in [0.15, 0.2) is 10.7 Å². The van der Waals surface area contributed by atoms with Crippen LogP contribution in [0.5, 0.6) is 0 Å². The second-order valence-corrected chi connectivity index (χ2v) is 6.31. The van der Waals surface area contributed by atoms with Gasteiger partial charge in [0.25, 0.3) is 0 Å². The number of halogens is 3. The third kappa shape index (κ3) is 1.94. The first-order chi connectivity index (χ1) is 7.95. The third-order valence-electron chi connectivity index (χ3n) is 3.98. The fourth-order valence-electron chi connectivity index (χ4n) is 2.66. The Kier molecular flexibility index (Phi) is 2.44. The van der Waals surface area contributed by atoms with Crippen LogP contribution in [0, 0.1) is 0 Å². The molecule has 6 heteroatoms. The first kappa shape index (κ1) is 11.7. The van der Waals surface area contributed by atoms with Crippen molar-refractivity contribution >= 4 is 16.9 Å². The van der Waals surface area contributed by atoms with Crippen molar-refractivity contribution in [3.8, 4) is 0 Å². The molecule has 3 fully saturated rings. The lowest BCUT2D eigenvalue weighted by Crippen LogP contribution is -2.41. The first-order valence-electron chi connectivity index (χ1n) is 6.02. The molecule has 2 aliphatic carbocycles.